The van der Waals surface area contributed by atoms with E-state index in [9.17, 15) is 28.1 Å². The first-order valence-corrected chi connectivity index (χ1v) is 5.09. The molecule has 94 valence electrons. The lowest BCUT2D eigenvalue weighted by molar-refractivity contribution is -0.390. The predicted octanol–water partition coefficient (Wildman–Crippen LogP) is 2.08. The molecule has 1 N–H and O–H groups in total. The molecule has 0 aromatic carbocycles. The summed E-state index contributed by atoms with van der Waals surface area (Å²) >= 11 is 2.78. The molecule has 0 unspecified atom stereocenters. The molecule has 1 rings (SSSR count). The molecule has 0 radical (unpaired) electrons. The van der Waals surface area contributed by atoms with Crippen molar-refractivity contribution >= 4 is 21.7 Å². The van der Waals surface area contributed by atoms with Crippen LogP contribution in [0.2, 0.25) is 0 Å². The number of hydrogen-bond acceptors (Lipinski definition) is 4. The molecule has 0 aliphatic heterocycles. The normalized spacial score (nSPS) is 11.3. The molecule has 17 heavy (non-hydrogen) atoms. The quantitative estimate of drug-likeness (QED) is 0.525. The van der Waals surface area contributed by atoms with E-state index >= 15 is 0 Å². The van der Waals surface area contributed by atoms with E-state index in [-0.39, 0.29) is 5.33 Å². The first-order chi connectivity index (χ1) is 7.76. The Labute approximate surface area is 99.7 Å². The summed E-state index contributed by atoms with van der Waals surface area (Å²) in [5.74, 6) is -1.72. The van der Waals surface area contributed by atoms with Crippen molar-refractivity contribution < 1.29 is 22.8 Å². The standard InChI is InChI=1S/C7H4BrF3N2O4/c8-1-3-5(14)4(17-7(9,10)11)2-12-6(3)13(15)16/h2H,1H2,(H,12,14). The molecule has 0 atom stereocenters. The monoisotopic (exact) mass is 316 g/mol. The van der Waals surface area contributed by atoms with Crippen molar-refractivity contribution in [3.05, 3.63) is 32.1 Å². The van der Waals surface area contributed by atoms with Crippen LogP contribution in [0.15, 0.2) is 11.0 Å². The van der Waals surface area contributed by atoms with Gasteiger partial charge in [0.25, 0.3) is 0 Å². The Morgan fingerprint density at radius 2 is 2.12 bits per heavy atom. The van der Waals surface area contributed by atoms with Crippen LogP contribution in [0.25, 0.3) is 0 Å². The van der Waals surface area contributed by atoms with Gasteiger partial charge in [0.2, 0.25) is 11.2 Å². The smallest absolute Gasteiger partial charge is 0.398 e. The SMILES string of the molecule is O=c1c(OC(F)(F)F)c[nH]c([N+](=O)[O-])c1CBr. The van der Waals surface area contributed by atoms with Crippen molar-refractivity contribution in [1.29, 1.82) is 0 Å². The highest BCUT2D eigenvalue weighted by Crippen LogP contribution is 2.22. The fourth-order valence-electron chi connectivity index (χ4n) is 1.03. The Morgan fingerprint density at radius 3 is 2.53 bits per heavy atom. The average molecular weight is 317 g/mol. The number of pyridine rings is 1. The minimum atomic E-state index is -5.04. The molecule has 0 bridgehead atoms. The Bertz CT molecular complexity index is 499. The third kappa shape index (κ3) is 3.19. The number of rotatable bonds is 3. The summed E-state index contributed by atoms with van der Waals surface area (Å²) in [4.78, 5) is 23.0. The number of alkyl halides is 4. The Morgan fingerprint density at radius 1 is 1.53 bits per heavy atom. The zero-order chi connectivity index (χ0) is 13.2. The Balaban J connectivity index is 3.31. The van der Waals surface area contributed by atoms with Gasteiger partial charge in [0.1, 0.15) is 11.8 Å². The van der Waals surface area contributed by atoms with E-state index in [1.54, 1.807) is 0 Å². The summed E-state index contributed by atoms with van der Waals surface area (Å²) < 4.78 is 39.1. The van der Waals surface area contributed by atoms with Gasteiger partial charge in [-0.05, 0) is 4.92 Å². The van der Waals surface area contributed by atoms with E-state index in [1.165, 1.54) is 0 Å². The summed E-state index contributed by atoms with van der Waals surface area (Å²) in [6, 6.07) is 0. The summed E-state index contributed by atoms with van der Waals surface area (Å²) in [5.41, 5.74) is -1.64. The maximum atomic E-state index is 11.9. The lowest BCUT2D eigenvalue weighted by Crippen LogP contribution is -2.23. The number of nitro groups is 1. The zero-order valence-electron chi connectivity index (χ0n) is 7.88. The molecule has 10 heteroatoms. The van der Waals surface area contributed by atoms with E-state index in [0.717, 1.165) is 0 Å². The van der Waals surface area contributed by atoms with E-state index in [0.29, 0.717) is 6.20 Å². The minimum Gasteiger partial charge on any atom is -0.398 e. The number of halogens is 4. The van der Waals surface area contributed by atoms with Gasteiger partial charge in [0.05, 0.1) is 0 Å². The fourth-order valence-corrected chi connectivity index (χ4v) is 1.55. The molecule has 0 spiro atoms. The molecule has 1 heterocycles. The second-order valence-corrected chi connectivity index (χ2v) is 3.31. The van der Waals surface area contributed by atoms with Gasteiger partial charge >= 0.3 is 12.2 Å². The van der Waals surface area contributed by atoms with Crippen LogP contribution in [0.1, 0.15) is 5.56 Å². The highest BCUT2D eigenvalue weighted by atomic mass is 79.9. The van der Waals surface area contributed by atoms with Crippen molar-refractivity contribution in [2.75, 3.05) is 0 Å². The van der Waals surface area contributed by atoms with Crippen molar-refractivity contribution in [3.63, 3.8) is 0 Å². The lowest BCUT2D eigenvalue weighted by Gasteiger charge is -2.08. The van der Waals surface area contributed by atoms with Crippen molar-refractivity contribution in [2.24, 2.45) is 0 Å². The molecular formula is C7H4BrF3N2O4. The molecule has 0 amide bonds. The summed E-state index contributed by atoms with van der Waals surface area (Å²) in [6.45, 7) is 0. The van der Waals surface area contributed by atoms with Gasteiger partial charge in [0, 0.05) is 5.33 Å². The van der Waals surface area contributed by atoms with Gasteiger partial charge in [-0.25, -0.2) is 4.98 Å². The predicted molar refractivity (Wildman–Crippen MR) is 53.0 cm³/mol. The number of ether oxygens (including phenoxy) is 1. The number of nitrogens with zero attached hydrogens (tertiary/aromatic N) is 1. The van der Waals surface area contributed by atoms with E-state index < -0.39 is 33.8 Å². The Kier molecular flexibility index (Phi) is 3.76. The second-order valence-electron chi connectivity index (χ2n) is 2.75. The van der Waals surface area contributed by atoms with Crippen molar-refractivity contribution in [2.45, 2.75) is 11.7 Å². The molecule has 6 nitrogen and oxygen atoms in total. The van der Waals surface area contributed by atoms with E-state index in [2.05, 4.69) is 20.7 Å². The van der Waals surface area contributed by atoms with Crippen molar-refractivity contribution in [3.8, 4) is 5.75 Å². The topological polar surface area (TPSA) is 85.2 Å². The molecule has 0 aliphatic carbocycles. The van der Waals surface area contributed by atoms with Crippen LogP contribution in [0.5, 0.6) is 5.75 Å². The molecule has 0 saturated carbocycles. The average Bonchev–Trinajstić information content (AvgIpc) is 2.18. The number of hydrogen-bond donors (Lipinski definition) is 1. The molecule has 0 fully saturated rings. The van der Waals surface area contributed by atoms with Crippen LogP contribution in [0, 0.1) is 10.1 Å². The zero-order valence-corrected chi connectivity index (χ0v) is 9.46. The fraction of sp³-hybridized carbons (Fsp3) is 0.286. The number of H-pyrrole nitrogens is 1. The molecule has 1 aromatic rings. The van der Waals surface area contributed by atoms with Crippen LogP contribution in [-0.4, -0.2) is 16.3 Å². The third-order valence-corrected chi connectivity index (χ3v) is 2.23. The number of aromatic nitrogens is 1. The number of nitrogens with one attached hydrogen (secondary N) is 1. The molecule has 1 aromatic heterocycles. The van der Waals surface area contributed by atoms with Gasteiger partial charge < -0.3 is 14.9 Å². The first kappa shape index (κ1) is 13.5. The van der Waals surface area contributed by atoms with Gasteiger partial charge in [0.15, 0.2) is 0 Å². The van der Waals surface area contributed by atoms with Crippen LogP contribution in [-0.2, 0) is 5.33 Å². The second kappa shape index (κ2) is 4.73. The van der Waals surface area contributed by atoms with E-state index in [4.69, 9.17) is 0 Å². The number of aromatic amines is 1. The molecule has 0 saturated heterocycles. The highest BCUT2D eigenvalue weighted by molar-refractivity contribution is 9.08. The first-order valence-electron chi connectivity index (χ1n) is 3.97. The van der Waals surface area contributed by atoms with Gasteiger partial charge in [-0.1, -0.05) is 15.9 Å². The van der Waals surface area contributed by atoms with Crippen molar-refractivity contribution in [1.82, 2.24) is 4.98 Å². The lowest BCUT2D eigenvalue weighted by atomic mass is 10.2. The Hall–Kier alpha value is -1.58. The minimum absolute atomic E-state index is 0.270. The highest BCUT2D eigenvalue weighted by Gasteiger charge is 2.34. The van der Waals surface area contributed by atoms with Gasteiger partial charge in [-0.2, -0.15) is 0 Å². The van der Waals surface area contributed by atoms with Crippen LogP contribution in [0.4, 0.5) is 19.0 Å². The molecular weight excluding hydrogens is 313 g/mol. The third-order valence-electron chi connectivity index (χ3n) is 1.67. The van der Waals surface area contributed by atoms with Crippen LogP contribution >= 0.6 is 15.9 Å². The summed E-state index contributed by atoms with van der Waals surface area (Å²) in [7, 11) is 0. The van der Waals surface area contributed by atoms with Gasteiger partial charge in [-0.15, -0.1) is 13.2 Å². The maximum Gasteiger partial charge on any atom is 0.573 e. The van der Waals surface area contributed by atoms with Crippen LogP contribution in [0.3, 0.4) is 0 Å². The largest absolute Gasteiger partial charge is 0.573 e. The van der Waals surface area contributed by atoms with Crippen LogP contribution < -0.4 is 10.2 Å². The molecule has 0 aliphatic rings. The summed E-state index contributed by atoms with van der Waals surface area (Å²) in [6.07, 6.45) is -4.53. The maximum absolute atomic E-state index is 11.9. The summed E-state index contributed by atoms with van der Waals surface area (Å²) in [5, 5.41) is 10.2. The van der Waals surface area contributed by atoms with Gasteiger partial charge in [-0.3, -0.25) is 4.79 Å². The van der Waals surface area contributed by atoms with E-state index in [1.807, 2.05) is 4.98 Å².